The number of benzene rings is 1. The lowest BCUT2D eigenvalue weighted by Crippen LogP contribution is -2.44. The molecular weight excluding hydrogens is 402 g/mol. The molecule has 0 radical (unpaired) electrons. The summed E-state index contributed by atoms with van der Waals surface area (Å²) in [5, 5.41) is 23.7. The Hall–Kier alpha value is -3.39. The molecule has 1 aliphatic rings. The molecule has 1 aromatic rings. The highest BCUT2D eigenvalue weighted by Gasteiger charge is 2.46. The normalized spacial score (nSPS) is 18.4. The van der Waals surface area contributed by atoms with E-state index in [2.05, 4.69) is 10.1 Å². The molecule has 2 atom stereocenters. The molecule has 11 heteroatoms. The highest BCUT2D eigenvalue weighted by molar-refractivity contribution is 8.03. The first-order valence-electron chi connectivity index (χ1n) is 8.40. The third kappa shape index (κ3) is 4.72. The fourth-order valence-corrected chi connectivity index (χ4v) is 3.75. The van der Waals surface area contributed by atoms with E-state index < -0.39 is 34.6 Å². The minimum atomic E-state index is -1.50. The highest BCUT2D eigenvalue weighted by Crippen LogP contribution is 2.43. The van der Waals surface area contributed by atoms with Gasteiger partial charge in [-0.15, -0.1) is 0 Å². The summed E-state index contributed by atoms with van der Waals surface area (Å²) in [6.07, 6.45) is 0. The van der Waals surface area contributed by atoms with Crippen LogP contribution in [0.15, 0.2) is 34.9 Å². The molecule has 1 heterocycles. The van der Waals surface area contributed by atoms with Gasteiger partial charge in [-0.3, -0.25) is 24.5 Å². The van der Waals surface area contributed by atoms with Crippen molar-refractivity contribution in [2.24, 2.45) is 5.92 Å². The quantitative estimate of drug-likeness (QED) is 0.301. The van der Waals surface area contributed by atoms with Gasteiger partial charge in [0.05, 0.1) is 47.0 Å². The van der Waals surface area contributed by atoms with Gasteiger partial charge in [0.2, 0.25) is 5.91 Å². The number of hydrogen-bond donors (Lipinski definition) is 1. The molecule has 0 saturated carbocycles. The molecule has 152 valence electrons. The van der Waals surface area contributed by atoms with Crippen molar-refractivity contribution in [1.82, 2.24) is 5.32 Å². The van der Waals surface area contributed by atoms with Gasteiger partial charge in [-0.1, -0.05) is 30.0 Å². The van der Waals surface area contributed by atoms with Gasteiger partial charge in [0.15, 0.2) is 0 Å². The molecule has 1 aliphatic heterocycles. The average molecular weight is 419 g/mol. The Kier molecular flexibility index (Phi) is 7.33. The number of nitriles is 1. The number of esters is 2. The van der Waals surface area contributed by atoms with Gasteiger partial charge >= 0.3 is 11.9 Å². The number of nitro benzene ring substituents is 1. The predicted molar refractivity (Wildman–Crippen MR) is 101 cm³/mol. The number of carbonyl (C=O) groups excluding carboxylic acids is 3. The van der Waals surface area contributed by atoms with Crippen molar-refractivity contribution < 1.29 is 28.8 Å². The molecule has 1 N–H and O–H groups in total. The molecule has 1 aromatic carbocycles. The average Bonchev–Trinajstić information content (AvgIpc) is 2.71. The van der Waals surface area contributed by atoms with Crippen molar-refractivity contribution in [1.29, 1.82) is 5.26 Å². The number of allylic oxidation sites excluding steroid dienone is 1. The number of ether oxygens (including phenoxy) is 2. The first kappa shape index (κ1) is 21.9. The van der Waals surface area contributed by atoms with E-state index in [0.29, 0.717) is 0 Å². The van der Waals surface area contributed by atoms with Gasteiger partial charge in [-0.25, -0.2) is 0 Å². The van der Waals surface area contributed by atoms with Crippen LogP contribution in [0.3, 0.4) is 0 Å². The van der Waals surface area contributed by atoms with Crippen LogP contribution in [-0.4, -0.2) is 42.2 Å². The number of carbonyl (C=O) groups is 3. The van der Waals surface area contributed by atoms with Gasteiger partial charge in [-0.05, 0) is 6.92 Å². The SMILES string of the molecule is CCOC(=O)CSC1=C(C#N)[C@@H](c2ccccc2[N+](=O)[O-])[C@H](C(=O)OC)C(=O)N1. The third-order valence-electron chi connectivity index (χ3n) is 4.09. The summed E-state index contributed by atoms with van der Waals surface area (Å²) >= 11 is 0.845. The standard InChI is InChI=1S/C18H17N3O7S/c1-3-28-13(22)9-29-17-11(8-19)14(15(16(23)20-17)18(24)27-2)10-6-4-5-7-12(10)21(25)26/h4-7,14-15H,3,9H2,1-2H3,(H,20,23)/t14-,15+/m1/s1. The van der Waals surface area contributed by atoms with Crippen LogP contribution in [0.4, 0.5) is 5.69 Å². The van der Waals surface area contributed by atoms with Gasteiger partial charge < -0.3 is 14.8 Å². The maximum atomic E-state index is 12.6. The summed E-state index contributed by atoms with van der Waals surface area (Å²) in [5.74, 6) is -5.22. The number of amides is 1. The number of rotatable bonds is 7. The zero-order valence-corrected chi connectivity index (χ0v) is 16.4. The Morgan fingerprint density at radius 2 is 2.07 bits per heavy atom. The summed E-state index contributed by atoms with van der Waals surface area (Å²) in [5.41, 5.74) is -0.402. The highest BCUT2D eigenvalue weighted by atomic mass is 32.2. The van der Waals surface area contributed by atoms with Crippen molar-refractivity contribution >= 4 is 35.3 Å². The van der Waals surface area contributed by atoms with Gasteiger partial charge in [0, 0.05) is 11.6 Å². The van der Waals surface area contributed by atoms with Crippen LogP contribution in [0, 0.1) is 27.4 Å². The van der Waals surface area contributed by atoms with E-state index >= 15 is 0 Å². The second-order valence-corrected chi connectivity index (χ2v) is 6.72. The lowest BCUT2D eigenvalue weighted by atomic mass is 9.78. The van der Waals surface area contributed by atoms with Gasteiger partial charge in [-0.2, -0.15) is 5.26 Å². The van der Waals surface area contributed by atoms with Crippen LogP contribution in [0.2, 0.25) is 0 Å². The minimum Gasteiger partial charge on any atom is -0.468 e. The minimum absolute atomic E-state index is 0.0218. The Labute approximate surface area is 170 Å². The molecule has 0 unspecified atom stereocenters. The van der Waals surface area contributed by atoms with Crippen LogP contribution < -0.4 is 5.32 Å². The zero-order valence-electron chi connectivity index (χ0n) is 15.5. The van der Waals surface area contributed by atoms with E-state index in [-0.39, 0.29) is 34.2 Å². The van der Waals surface area contributed by atoms with Gasteiger partial charge in [0.25, 0.3) is 5.69 Å². The number of nitrogens with one attached hydrogen (secondary N) is 1. The summed E-state index contributed by atoms with van der Waals surface area (Å²) in [7, 11) is 1.08. The Balaban J connectivity index is 2.61. The van der Waals surface area contributed by atoms with Crippen molar-refractivity contribution in [3.8, 4) is 6.07 Å². The number of nitrogens with zero attached hydrogens (tertiary/aromatic N) is 2. The number of thioether (sulfide) groups is 1. The molecule has 0 fully saturated rings. The second-order valence-electron chi connectivity index (χ2n) is 5.73. The molecule has 0 aliphatic carbocycles. The summed E-state index contributed by atoms with van der Waals surface area (Å²) in [6.45, 7) is 1.80. The molecule has 29 heavy (non-hydrogen) atoms. The van der Waals surface area contributed by atoms with Crippen LogP contribution in [-0.2, 0) is 23.9 Å². The van der Waals surface area contributed by atoms with Crippen LogP contribution in [0.25, 0.3) is 0 Å². The van der Waals surface area contributed by atoms with E-state index in [4.69, 9.17) is 4.74 Å². The molecule has 10 nitrogen and oxygen atoms in total. The molecule has 0 saturated heterocycles. The van der Waals surface area contributed by atoms with E-state index in [1.165, 1.54) is 24.3 Å². The van der Waals surface area contributed by atoms with Crippen LogP contribution >= 0.6 is 11.8 Å². The monoisotopic (exact) mass is 419 g/mol. The van der Waals surface area contributed by atoms with E-state index in [0.717, 1.165) is 18.9 Å². The number of nitro groups is 1. The Morgan fingerprint density at radius 3 is 2.66 bits per heavy atom. The predicted octanol–water partition coefficient (Wildman–Crippen LogP) is 1.63. The zero-order chi connectivity index (χ0) is 21.6. The number of para-hydroxylation sites is 1. The summed E-state index contributed by atoms with van der Waals surface area (Å²) < 4.78 is 9.51. The molecule has 0 bridgehead atoms. The molecule has 2 rings (SSSR count). The second kappa shape index (κ2) is 9.70. The van der Waals surface area contributed by atoms with Gasteiger partial charge in [0.1, 0.15) is 5.92 Å². The third-order valence-corrected chi connectivity index (χ3v) is 5.08. The van der Waals surface area contributed by atoms with Crippen molar-refractivity contribution in [3.05, 3.63) is 50.5 Å². The Bertz CT molecular complexity index is 922. The molecule has 0 aromatic heterocycles. The Morgan fingerprint density at radius 1 is 1.38 bits per heavy atom. The molecular formula is C18H17N3O7S. The van der Waals surface area contributed by atoms with Crippen molar-refractivity contribution in [3.63, 3.8) is 0 Å². The fraction of sp³-hybridized carbons (Fsp3) is 0.333. The number of methoxy groups -OCH3 is 1. The summed E-state index contributed by atoms with van der Waals surface area (Å²) in [6, 6.07) is 7.45. The van der Waals surface area contributed by atoms with E-state index in [1.54, 1.807) is 6.92 Å². The summed E-state index contributed by atoms with van der Waals surface area (Å²) in [4.78, 5) is 47.4. The largest absolute Gasteiger partial charge is 0.468 e. The first-order chi connectivity index (χ1) is 13.8. The maximum Gasteiger partial charge on any atom is 0.319 e. The van der Waals surface area contributed by atoms with Crippen molar-refractivity contribution in [2.75, 3.05) is 19.5 Å². The lowest BCUT2D eigenvalue weighted by molar-refractivity contribution is -0.385. The molecule has 1 amide bonds. The molecule has 0 spiro atoms. The number of hydrogen-bond acceptors (Lipinski definition) is 9. The topological polar surface area (TPSA) is 149 Å². The first-order valence-corrected chi connectivity index (χ1v) is 9.38. The van der Waals surface area contributed by atoms with Crippen LogP contribution in [0.5, 0.6) is 0 Å². The maximum absolute atomic E-state index is 12.6. The fourth-order valence-electron chi connectivity index (χ4n) is 2.91. The van der Waals surface area contributed by atoms with E-state index in [1.807, 2.05) is 6.07 Å². The van der Waals surface area contributed by atoms with Crippen LogP contribution in [0.1, 0.15) is 18.4 Å². The van der Waals surface area contributed by atoms with Crippen molar-refractivity contribution in [2.45, 2.75) is 12.8 Å². The lowest BCUT2D eigenvalue weighted by Gasteiger charge is -2.30. The smallest absolute Gasteiger partial charge is 0.319 e. The van der Waals surface area contributed by atoms with E-state index in [9.17, 15) is 29.8 Å².